The third-order valence-electron chi connectivity index (χ3n) is 1.78. The van der Waals surface area contributed by atoms with Crippen LogP contribution in [0.3, 0.4) is 0 Å². The van der Waals surface area contributed by atoms with Gasteiger partial charge in [0.15, 0.2) is 0 Å². The van der Waals surface area contributed by atoms with E-state index in [-0.39, 0.29) is 4.90 Å². The van der Waals surface area contributed by atoms with E-state index in [2.05, 4.69) is 9.59 Å². The summed E-state index contributed by atoms with van der Waals surface area (Å²) in [6.07, 6.45) is 1.51. The Kier molecular flexibility index (Phi) is 2.72. The molecule has 15 heavy (non-hydrogen) atoms. The molecule has 0 aliphatic carbocycles. The molecule has 0 amide bonds. The Hall–Kier alpha value is -0.980. The lowest BCUT2D eigenvalue weighted by atomic mass is 10.2. The minimum atomic E-state index is -3.74. The second-order valence-electron chi connectivity index (χ2n) is 2.72. The smallest absolute Gasteiger partial charge is 0.207 e. The summed E-state index contributed by atoms with van der Waals surface area (Å²) < 4.78 is 26.2. The van der Waals surface area contributed by atoms with E-state index in [4.69, 9.17) is 10.7 Å². The molecule has 0 atom stereocenters. The van der Waals surface area contributed by atoms with Crippen LogP contribution in [0.15, 0.2) is 35.4 Å². The molecule has 0 unspecified atom stereocenters. The zero-order valence-electron chi connectivity index (χ0n) is 7.29. The van der Waals surface area contributed by atoms with Gasteiger partial charge in [-0.2, -0.15) is 0 Å². The molecule has 0 fully saturated rings. The first-order chi connectivity index (χ1) is 7.09. The summed E-state index contributed by atoms with van der Waals surface area (Å²) in [5.74, 6) is 0. The Morgan fingerprint density at radius 3 is 2.60 bits per heavy atom. The number of rotatable bonds is 2. The predicted molar refractivity (Wildman–Crippen MR) is 58.4 cm³/mol. The van der Waals surface area contributed by atoms with Gasteiger partial charge in [0, 0.05) is 16.2 Å². The molecular formula is C8H5ClN2O2S2. The quantitative estimate of drug-likeness (QED) is 0.776. The number of benzene rings is 1. The molecular weight excluding hydrogens is 256 g/mol. The van der Waals surface area contributed by atoms with Gasteiger partial charge in [-0.25, -0.2) is 8.42 Å². The van der Waals surface area contributed by atoms with Crippen LogP contribution in [-0.4, -0.2) is 18.0 Å². The van der Waals surface area contributed by atoms with Crippen LogP contribution < -0.4 is 0 Å². The van der Waals surface area contributed by atoms with Gasteiger partial charge in [0.2, 0.25) is 0 Å². The topological polar surface area (TPSA) is 59.9 Å². The molecule has 78 valence electrons. The third kappa shape index (κ3) is 2.17. The van der Waals surface area contributed by atoms with Crippen LogP contribution in [0.2, 0.25) is 0 Å². The van der Waals surface area contributed by atoms with Crippen LogP contribution >= 0.6 is 22.2 Å². The van der Waals surface area contributed by atoms with E-state index in [1.807, 2.05) is 0 Å². The van der Waals surface area contributed by atoms with Crippen molar-refractivity contribution in [3.63, 3.8) is 0 Å². The van der Waals surface area contributed by atoms with Crippen molar-refractivity contribution < 1.29 is 8.42 Å². The number of aromatic nitrogens is 2. The fourth-order valence-corrected chi connectivity index (χ4v) is 2.87. The average molecular weight is 261 g/mol. The van der Waals surface area contributed by atoms with Crippen LogP contribution in [0, 0.1) is 0 Å². The van der Waals surface area contributed by atoms with Crippen molar-refractivity contribution in [2.75, 3.05) is 0 Å². The molecule has 0 saturated carbocycles. The highest BCUT2D eigenvalue weighted by Crippen LogP contribution is 2.30. The molecule has 0 N–H and O–H groups in total. The molecule has 2 aromatic rings. The second-order valence-corrected chi connectivity index (χ2v) is 6.04. The van der Waals surface area contributed by atoms with Gasteiger partial charge in [0.05, 0.1) is 16.0 Å². The summed E-state index contributed by atoms with van der Waals surface area (Å²) in [6.45, 7) is 0. The lowest BCUT2D eigenvalue weighted by Gasteiger charge is -2.02. The molecule has 0 spiro atoms. The third-order valence-corrected chi connectivity index (χ3v) is 3.85. The fourth-order valence-electron chi connectivity index (χ4n) is 1.17. The van der Waals surface area contributed by atoms with Crippen molar-refractivity contribution in [1.29, 1.82) is 0 Å². The zero-order valence-corrected chi connectivity index (χ0v) is 9.68. The van der Waals surface area contributed by atoms with Crippen LogP contribution in [0.5, 0.6) is 0 Å². The molecule has 0 aliphatic rings. The van der Waals surface area contributed by atoms with E-state index in [0.29, 0.717) is 10.4 Å². The molecule has 0 radical (unpaired) electrons. The van der Waals surface area contributed by atoms with Crippen LogP contribution in [0.1, 0.15) is 0 Å². The van der Waals surface area contributed by atoms with Crippen molar-refractivity contribution in [2.45, 2.75) is 4.90 Å². The van der Waals surface area contributed by atoms with Gasteiger partial charge >= 0.3 is 0 Å². The van der Waals surface area contributed by atoms with E-state index in [1.165, 1.54) is 12.3 Å². The van der Waals surface area contributed by atoms with Crippen molar-refractivity contribution in [2.24, 2.45) is 0 Å². The summed E-state index contributed by atoms with van der Waals surface area (Å²) in [5, 5.41) is 3.65. The molecule has 0 bridgehead atoms. The van der Waals surface area contributed by atoms with Crippen molar-refractivity contribution in [3.05, 3.63) is 30.5 Å². The van der Waals surface area contributed by atoms with Gasteiger partial charge in [-0.05, 0) is 17.6 Å². The lowest BCUT2D eigenvalue weighted by Crippen LogP contribution is -1.93. The van der Waals surface area contributed by atoms with E-state index in [9.17, 15) is 8.42 Å². The molecule has 4 nitrogen and oxygen atoms in total. The van der Waals surface area contributed by atoms with Gasteiger partial charge in [0.25, 0.3) is 9.05 Å². The van der Waals surface area contributed by atoms with E-state index in [1.54, 1.807) is 18.2 Å². The highest BCUT2D eigenvalue weighted by Gasteiger charge is 2.16. The normalized spacial score (nSPS) is 11.5. The summed E-state index contributed by atoms with van der Waals surface area (Å²) in [4.78, 5) is 0.757. The fraction of sp³-hybridized carbons (Fsp3) is 0. The predicted octanol–water partition coefficient (Wildman–Crippen LogP) is 2.13. The van der Waals surface area contributed by atoms with Crippen molar-refractivity contribution in [3.8, 4) is 10.4 Å². The van der Waals surface area contributed by atoms with Gasteiger partial charge in [-0.3, -0.25) is 0 Å². The average Bonchev–Trinajstić information content (AvgIpc) is 2.69. The standard InChI is InChI=1S/C8H5ClN2O2S2/c9-15(12,13)8-4-2-1-3-6(8)7-5-10-11-14-7/h1-5H. The van der Waals surface area contributed by atoms with Gasteiger partial charge in [0.1, 0.15) is 0 Å². The number of halogens is 1. The molecule has 7 heteroatoms. The maximum atomic E-state index is 11.3. The maximum absolute atomic E-state index is 11.3. The van der Waals surface area contributed by atoms with Gasteiger partial charge < -0.3 is 0 Å². The van der Waals surface area contributed by atoms with E-state index < -0.39 is 9.05 Å². The Balaban J connectivity index is 2.68. The Bertz CT molecular complexity index is 566. The first-order valence-corrected chi connectivity index (χ1v) is 6.99. The Morgan fingerprint density at radius 2 is 2.00 bits per heavy atom. The molecule has 0 saturated heterocycles. The Morgan fingerprint density at radius 1 is 1.27 bits per heavy atom. The van der Waals surface area contributed by atoms with Crippen molar-refractivity contribution in [1.82, 2.24) is 9.59 Å². The molecule has 1 heterocycles. The lowest BCUT2D eigenvalue weighted by molar-refractivity contribution is 0.610. The zero-order chi connectivity index (χ0) is 10.9. The van der Waals surface area contributed by atoms with Crippen molar-refractivity contribution >= 4 is 31.3 Å². The summed E-state index contributed by atoms with van der Waals surface area (Å²) in [7, 11) is 1.58. The highest BCUT2D eigenvalue weighted by atomic mass is 35.7. The summed E-state index contributed by atoms with van der Waals surface area (Å²) in [6, 6.07) is 6.48. The SMILES string of the molecule is O=S(=O)(Cl)c1ccccc1-c1cnns1. The minimum absolute atomic E-state index is 0.0812. The largest absolute Gasteiger partial charge is 0.261 e. The molecule has 0 aliphatic heterocycles. The Labute approximate surface area is 95.1 Å². The summed E-state index contributed by atoms with van der Waals surface area (Å²) >= 11 is 1.12. The first-order valence-electron chi connectivity index (χ1n) is 3.90. The number of hydrogen-bond donors (Lipinski definition) is 0. The summed E-state index contributed by atoms with van der Waals surface area (Å²) in [5.41, 5.74) is 0.530. The molecule has 2 rings (SSSR count). The number of hydrogen-bond acceptors (Lipinski definition) is 5. The second kappa shape index (κ2) is 3.88. The van der Waals surface area contributed by atoms with Crippen LogP contribution in [-0.2, 0) is 9.05 Å². The van der Waals surface area contributed by atoms with Gasteiger partial charge in [-0.15, -0.1) is 5.10 Å². The monoisotopic (exact) mass is 260 g/mol. The first kappa shape index (κ1) is 10.5. The molecule has 1 aromatic carbocycles. The van der Waals surface area contributed by atoms with Crippen LogP contribution in [0.4, 0.5) is 0 Å². The van der Waals surface area contributed by atoms with Crippen LogP contribution in [0.25, 0.3) is 10.4 Å². The van der Waals surface area contributed by atoms with Gasteiger partial charge in [-0.1, -0.05) is 22.7 Å². The minimum Gasteiger partial charge on any atom is -0.207 e. The maximum Gasteiger partial charge on any atom is 0.261 e. The van der Waals surface area contributed by atoms with E-state index >= 15 is 0 Å². The number of nitrogens with zero attached hydrogens (tertiary/aromatic N) is 2. The van der Waals surface area contributed by atoms with E-state index in [0.717, 1.165) is 11.5 Å². The molecule has 1 aromatic heterocycles. The highest BCUT2D eigenvalue weighted by molar-refractivity contribution is 8.13.